The maximum absolute atomic E-state index is 5.24. The molecule has 1 saturated carbocycles. The Balaban J connectivity index is 1.39. The Bertz CT molecular complexity index is 749. The van der Waals surface area contributed by atoms with Gasteiger partial charge in [0.15, 0.2) is 16.6 Å². The third-order valence-corrected chi connectivity index (χ3v) is 4.69. The van der Waals surface area contributed by atoms with Crippen LogP contribution in [0.15, 0.2) is 4.52 Å². The van der Waals surface area contributed by atoms with Crippen LogP contribution >= 0.6 is 11.3 Å². The van der Waals surface area contributed by atoms with Gasteiger partial charge < -0.3 is 9.84 Å². The fourth-order valence-corrected chi connectivity index (χ4v) is 3.26. The summed E-state index contributed by atoms with van der Waals surface area (Å²) in [5.74, 6) is 2.08. The Labute approximate surface area is 125 Å². The highest BCUT2D eigenvalue weighted by Crippen LogP contribution is 2.38. The van der Waals surface area contributed by atoms with Crippen molar-refractivity contribution in [3.8, 4) is 0 Å². The molecular formula is C13H16N6OS. The maximum atomic E-state index is 5.24. The van der Waals surface area contributed by atoms with Crippen LogP contribution < -0.4 is 5.32 Å². The first kappa shape index (κ1) is 12.8. The molecule has 4 rings (SSSR count). The Hall–Kier alpha value is -1.96. The first-order valence-corrected chi connectivity index (χ1v) is 7.89. The van der Waals surface area contributed by atoms with Crippen LogP contribution in [0, 0.1) is 6.92 Å². The van der Waals surface area contributed by atoms with Gasteiger partial charge in [-0.1, -0.05) is 16.5 Å². The minimum absolute atomic E-state index is 0.513. The summed E-state index contributed by atoms with van der Waals surface area (Å²) in [6.45, 7) is 2.75. The van der Waals surface area contributed by atoms with E-state index in [1.165, 1.54) is 12.8 Å². The molecule has 3 aromatic heterocycles. The number of nitrogens with zero attached hydrogens (tertiary/aromatic N) is 5. The highest BCUT2D eigenvalue weighted by atomic mass is 32.1. The lowest BCUT2D eigenvalue weighted by atomic mass is 10.4. The average molecular weight is 304 g/mol. The first-order valence-electron chi connectivity index (χ1n) is 7.07. The second kappa shape index (κ2) is 4.80. The predicted octanol–water partition coefficient (Wildman–Crippen LogP) is 2.25. The molecule has 0 bridgehead atoms. The molecule has 21 heavy (non-hydrogen) atoms. The molecule has 0 unspecified atom stereocenters. The number of nitrogens with one attached hydrogen (secondary N) is 1. The zero-order valence-corrected chi connectivity index (χ0v) is 12.8. The topological polar surface area (TPSA) is 81.7 Å². The van der Waals surface area contributed by atoms with E-state index < -0.39 is 0 Å². The van der Waals surface area contributed by atoms with Crippen LogP contribution in [-0.4, -0.2) is 31.4 Å². The number of rotatable bonds is 5. The highest BCUT2D eigenvalue weighted by Gasteiger charge is 2.29. The maximum Gasteiger partial charge on any atom is 0.229 e. The SMILES string of the molecule is Cc1nn(C)c2nc(NCCc3noc(C4CC4)n3)sc12. The van der Waals surface area contributed by atoms with Crippen LogP contribution in [0.1, 0.15) is 36.2 Å². The zero-order valence-electron chi connectivity index (χ0n) is 12.0. The molecule has 1 fully saturated rings. The molecule has 7 nitrogen and oxygen atoms in total. The van der Waals surface area contributed by atoms with Crippen molar-refractivity contribution in [3.63, 3.8) is 0 Å². The van der Waals surface area contributed by atoms with Gasteiger partial charge in [0.25, 0.3) is 0 Å². The van der Waals surface area contributed by atoms with E-state index in [1.54, 1.807) is 11.3 Å². The average Bonchev–Trinajstić information content (AvgIpc) is 2.94. The van der Waals surface area contributed by atoms with Crippen molar-refractivity contribution in [2.24, 2.45) is 7.05 Å². The van der Waals surface area contributed by atoms with Crippen LogP contribution in [-0.2, 0) is 13.5 Å². The number of fused-ring (bicyclic) bond motifs is 1. The van der Waals surface area contributed by atoms with Crippen LogP contribution in [0.3, 0.4) is 0 Å². The van der Waals surface area contributed by atoms with Crippen LogP contribution in [0.2, 0.25) is 0 Å². The van der Waals surface area contributed by atoms with Gasteiger partial charge in [0, 0.05) is 25.9 Å². The second-order valence-corrected chi connectivity index (χ2v) is 6.38. The number of hydrogen-bond acceptors (Lipinski definition) is 7. The summed E-state index contributed by atoms with van der Waals surface area (Å²) in [5, 5.41) is 12.6. The number of thiazole rings is 1. The van der Waals surface area contributed by atoms with Gasteiger partial charge in [-0.3, -0.25) is 0 Å². The van der Waals surface area contributed by atoms with Crippen LogP contribution in [0.25, 0.3) is 10.3 Å². The van der Waals surface area contributed by atoms with Gasteiger partial charge in [0.2, 0.25) is 5.89 Å². The van der Waals surface area contributed by atoms with Gasteiger partial charge in [-0.25, -0.2) is 9.67 Å². The Morgan fingerprint density at radius 1 is 1.38 bits per heavy atom. The first-order chi connectivity index (χ1) is 10.2. The highest BCUT2D eigenvalue weighted by molar-refractivity contribution is 7.22. The summed E-state index contributed by atoms with van der Waals surface area (Å²) >= 11 is 1.63. The van der Waals surface area contributed by atoms with Crippen molar-refractivity contribution in [1.82, 2.24) is 24.9 Å². The van der Waals surface area contributed by atoms with Gasteiger partial charge in [-0.05, 0) is 19.8 Å². The van der Waals surface area contributed by atoms with E-state index in [2.05, 4.69) is 25.5 Å². The molecule has 0 saturated heterocycles. The van der Waals surface area contributed by atoms with Crippen molar-refractivity contribution in [3.05, 3.63) is 17.4 Å². The molecule has 0 amide bonds. The minimum atomic E-state index is 0.513. The van der Waals surface area contributed by atoms with Gasteiger partial charge in [-0.2, -0.15) is 10.1 Å². The van der Waals surface area contributed by atoms with Crippen LogP contribution in [0.5, 0.6) is 0 Å². The minimum Gasteiger partial charge on any atom is -0.361 e. The summed E-state index contributed by atoms with van der Waals surface area (Å²) in [7, 11) is 1.91. The second-order valence-electron chi connectivity index (χ2n) is 5.38. The molecule has 0 atom stereocenters. The molecule has 110 valence electrons. The monoisotopic (exact) mass is 304 g/mol. The third-order valence-electron chi connectivity index (χ3n) is 3.58. The number of anilines is 1. The molecule has 0 radical (unpaired) electrons. The molecule has 1 aliphatic rings. The summed E-state index contributed by atoms with van der Waals surface area (Å²) in [5.41, 5.74) is 1.95. The molecule has 0 spiro atoms. The van der Waals surface area contributed by atoms with Crippen LogP contribution in [0.4, 0.5) is 5.13 Å². The van der Waals surface area contributed by atoms with Gasteiger partial charge >= 0.3 is 0 Å². The van der Waals surface area contributed by atoms with Crippen molar-refractivity contribution < 1.29 is 4.52 Å². The molecule has 1 aliphatic carbocycles. The summed E-state index contributed by atoms with van der Waals surface area (Å²) in [6, 6.07) is 0. The van der Waals surface area contributed by atoms with E-state index in [4.69, 9.17) is 4.52 Å². The molecular weight excluding hydrogens is 288 g/mol. The zero-order chi connectivity index (χ0) is 14.4. The van der Waals surface area contributed by atoms with E-state index in [0.717, 1.165) is 45.9 Å². The number of hydrogen-bond donors (Lipinski definition) is 1. The lowest BCUT2D eigenvalue weighted by Crippen LogP contribution is -2.06. The Morgan fingerprint density at radius 2 is 2.24 bits per heavy atom. The van der Waals surface area contributed by atoms with E-state index in [-0.39, 0.29) is 0 Å². The fraction of sp³-hybridized carbons (Fsp3) is 0.538. The standard InChI is InChI=1S/C13H16N6OS/c1-7-10-11(19(2)17-7)16-13(21-10)14-6-5-9-15-12(20-18-9)8-3-4-8/h8H,3-6H2,1-2H3,(H,14,16). The molecule has 0 aliphatic heterocycles. The quantitative estimate of drug-likeness (QED) is 0.778. The smallest absolute Gasteiger partial charge is 0.229 e. The molecule has 3 aromatic rings. The van der Waals surface area contributed by atoms with Crippen molar-refractivity contribution in [2.75, 3.05) is 11.9 Å². The molecule has 1 N–H and O–H groups in total. The Kier molecular flexibility index (Phi) is 2.91. The van der Waals surface area contributed by atoms with E-state index in [0.29, 0.717) is 5.92 Å². The lowest BCUT2D eigenvalue weighted by molar-refractivity contribution is 0.374. The van der Waals surface area contributed by atoms with Crippen molar-refractivity contribution in [2.45, 2.75) is 32.1 Å². The summed E-state index contributed by atoms with van der Waals surface area (Å²) in [4.78, 5) is 8.97. The number of aryl methyl sites for hydroxylation is 2. The van der Waals surface area contributed by atoms with E-state index in [9.17, 15) is 0 Å². The predicted molar refractivity (Wildman–Crippen MR) is 79.6 cm³/mol. The van der Waals surface area contributed by atoms with Gasteiger partial charge in [0.1, 0.15) is 0 Å². The Morgan fingerprint density at radius 3 is 3.00 bits per heavy atom. The summed E-state index contributed by atoms with van der Waals surface area (Å²) in [6.07, 6.45) is 3.10. The van der Waals surface area contributed by atoms with E-state index >= 15 is 0 Å². The summed E-state index contributed by atoms with van der Waals surface area (Å²) < 4.78 is 8.19. The molecule has 3 heterocycles. The van der Waals surface area contributed by atoms with Gasteiger partial charge in [-0.15, -0.1) is 0 Å². The largest absolute Gasteiger partial charge is 0.361 e. The number of aromatic nitrogens is 5. The lowest BCUT2D eigenvalue weighted by Gasteiger charge is -1.98. The van der Waals surface area contributed by atoms with Gasteiger partial charge in [0.05, 0.1) is 10.4 Å². The van der Waals surface area contributed by atoms with Crippen molar-refractivity contribution >= 4 is 26.8 Å². The molecule has 0 aromatic carbocycles. The fourth-order valence-electron chi connectivity index (χ4n) is 2.31. The van der Waals surface area contributed by atoms with Crippen molar-refractivity contribution in [1.29, 1.82) is 0 Å². The normalized spacial score (nSPS) is 15.0. The van der Waals surface area contributed by atoms with E-state index in [1.807, 2.05) is 18.7 Å². The molecule has 8 heteroatoms. The third kappa shape index (κ3) is 2.39.